The van der Waals surface area contributed by atoms with Crippen LogP contribution in [0, 0.1) is 0 Å². The lowest BCUT2D eigenvalue weighted by molar-refractivity contribution is -0.130. The second-order valence-corrected chi connectivity index (χ2v) is 7.61. The average molecular weight is 357 g/mol. The van der Waals surface area contributed by atoms with Gasteiger partial charge >= 0.3 is 0 Å². The fourth-order valence-electron chi connectivity index (χ4n) is 4.14. The van der Waals surface area contributed by atoms with Crippen LogP contribution in [0.3, 0.4) is 0 Å². The first-order valence-electron chi connectivity index (χ1n) is 9.82. The summed E-state index contributed by atoms with van der Waals surface area (Å²) in [5.74, 6) is 1.83. The third kappa shape index (κ3) is 3.66. The third-order valence-electron chi connectivity index (χ3n) is 5.71. The molecule has 2 aliphatic carbocycles. The molecule has 7 heteroatoms. The summed E-state index contributed by atoms with van der Waals surface area (Å²) in [6.45, 7) is 0.397. The van der Waals surface area contributed by atoms with Gasteiger partial charge in [-0.2, -0.15) is 10.1 Å². The summed E-state index contributed by atoms with van der Waals surface area (Å²) in [6, 6.07) is 0. The van der Waals surface area contributed by atoms with Crippen LogP contribution in [-0.2, 0) is 30.6 Å². The molecule has 2 aromatic rings. The number of H-pyrrole nitrogens is 1. The summed E-state index contributed by atoms with van der Waals surface area (Å²) in [4.78, 5) is 18.7. The van der Waals surface area contributed by atoms with Crippen LogP contribution in [0.5, 0.6) is 0 Å². The monoisotopic (exact) mass is 357 g/mol. The number of hydrogen-bond acceptors (Lipinski definition) is 5. The number of hydrogen-bond donors (Lipinski definition) is 1. The van der Waals surface area contributed by atoms with Crippen LogP contribution in [0.1, 0.15) is 79.5 Å². The van der Waals surface area contributed by atoms with E-state index in [9.17, 15) is 4.79 Å². The average Bonchev–Trinajstić information content (AvgIpc) is 3.39. The predicted octanol–water partition coefficient (Wildman–Crippen LogP) is 2.92. The van der Waals surface area contributed by atoms with Crippen molar-refractivity contribution in [2.45, 2.75) is 76.7 Å². The van der Waals surface area contributed by atoms with Crippen molar-refractivity contribution in [3.05, 3.63) is 28.7 Å². The highest BCUT2D eigenvalue weighted by Crippen LogP contribution is 2.33. The number of aryl methyl sites for hydroxylation is 2. The van der Waals surface area contributed by atoms with E-state index in [1.807, 2.05) is 0 Å². The van der Waals surface area contributed by atoms with Gasteiger partial charge in [0.1, 0.15) is 0 Å². The van der Waals surface area contributed by atoms with Crippen LogP contribution in [0.15, 0.2) is 4.52 Å². The largest absolute Gasteiger partial charge is 0.339 e. The highest BCUT2D eigenvalue weighted by molar-refractivity contribution is 5.76. The molecule has 1 saturated carbocycles. The molecule has 0 radical (unpaired) electrons. The Kier molecular flexibility index (Phi) is 5.04. The smallest absolute Gasteiger partial charge is 0.229 e. The molecular weight excluding hydrogens is 330 g/mol. The molecule has 0 spiro atoms. The number of nitrogens with one attached hydrogen (secondary N) is 1. The van der Waals surface area contributed by atoms with Gasteiger partial charge < -0.3 is 9.42 Å². The molecule has 0 aromatic carbocycles. The maximum Gasteiger partial charge on any atom is 0.229 e. The topological polar surface area (TPSA) is 87.9 Å². The number of aromatic nitrogens is 4. The molecule has 2 aromatic heterocycles. The zero-order chi connectivity index (χ0) is 17.9. The molecule has 1 N–H and O–H groups in total. The lowest BCUT2D eigenvalue weighted by Gasteiger charge is -2.15. The normalized spacial score (nSPS) is 17.4. The van der Waals surface area contributed by atoms with Gasteiger partial charge in [0.25, 0.3) is 0 Å². The van der Waals surface area contributed by atoms with Crippen LogP contribution < -0.4 is 0 Å². The van der Waals surface area contributed by atoms with E-state index in [0.717, 1.165) is 37.3 Å². The van der Waals surface area contributed by atoms with Gasteiger partial charge in [-0.15, -0.1) is 0 Å². The molecule has 140 valence electrons. The Morgan fingerprint density at radius 2 is 2.04 bits per heavy atom. The van der Waals surface area contributed by atoms with Gasteiger partial charge in [0.05, 0.1) is 12.2 Å². The molecular formula is C19H27N5O2. The molecule has 2 aliphatic rings. The van der Waals surface area contributed by atoms with Crippen molar-refractivity contribution in [1.29, 1.82) is 0 Å². The molecule has 2 heterocycles. The van der Waals surface area contributed by atoms with Gasteiger partial charge in [-0.1, -0.05) is 18.0 Å². The van der Waals surface area contributed by atoms with E-state index in [1.54, 1.807) is 11.9 Å². The maximum absolute atomic E-state index is 12.5. The standard InChI is InChI=1S/C19H27N5O2/c1-24(12-17-20-19(26-23-17)13-6-2-3-7-13)18(25)11-10-16-14-8-4-5-9-15(14)21-22-16/h13H,2-12H2,1H3,(H,21,22). The lowest BCUT2D eigenvalue weighted by Crippen LogP contribution is -2.27. The Bertz CT molecular complexity index is 760. The van der Waals surface area contributed by atoms with Crippen molar-refractivity contribution < 1.29 is 9.32 Å². The van der Waals surface area contributed by atoms with Gasteiger partial charge in [-0.3, -0.25) is 9.89 Å². The van der Waals surface area contributed by atoms with Crippen molar-refractivity contribution in [2.24, 2.45) is 0 Å². The van der Waals surface area contributed by atoms with Crippen molar-refractivity contribution in [3.63, 3.8) is 0 Å². The van der Waals surface area contributed by atoms with Crippen molar-refractivity contribution >= 4 is 5.91 Å². The molecule has 0 atom stereocenters. The lowest BCUT2D eigenvalue weighted by atomic mass is 9.94. The number of nitrogens with zero attached hydrogens (tertiary/aromatic N) is 4. The second-order valence-electron chi connectivity index (χ2n) is 7.61. The second kappa shape index (κ2) is 7.60. The first-order valence-corrected chi connectivity index (χ1v) is 9.82. The fraction of sp³-hybridized carbons (Fsp3) is 0.684. The quantitative estimate of drug-likeness (QED) is 0.859. The minimum absolute atomic E-state index is 0.0878. The molecule has 0 bridgehead atoms. The minimum atomic E-state index is 0.0878. The van der Waals surface area contributed by atoms with Crippen molar-refractivity contribution in [3.8, 4) is 0 Å². The van der Waals surface area contributed by atoms with E-state index in [2.05, 4.69) is 20.3 Å². The molecule has 26 heavy (non-hydrogen) atoms. The van der Waals surface area contributed by atoms with E-state index in [-0.39, 0.29) is 5.91 Å². The van der Waals surface area contributed by atoms with Crippen LogP contribution in [0.2, 0.25) is 0 Å². The summed E-state index contributed by atoms with van der Waals surface area (Å²) in [5, 5.41) is 11.6. The molecule has 7 nitrogen and oxygen atoms in total. The summed E-state index contributed by atoms with van der Waals surface area (Å²) in [5.41, 5.74) is 3.66. The van der Waals surface area contributed by atoms with Crippen LogP contribution in [-0.4, -0.2) is 38.2 Å². The van der Waals surface area contributed by atoms with Gasteiger partial charge in [-0.05, 0) is 44.1 Å². The molecule has 1 fully saturated rings. The Morgan fingerprint density at radius 3 is 2.88 bits per heavy atom. The molecule has 0 unspecified atom stereocenters. The van der Waals surface area contributed by atoms with E-state index in [4.69, 9.17) is 4.52 Å². The fourth-order valence-corrected chi connectivity index (χ4v) is 4.14. The minimum Gasteiger partial charge on any atom is -0.339 e. The summed E-state index contributed by atoms with van der Waals surface area (Å²) in [6.07, 6.45) is 10.5. The van der Waals surface area contributed by atoms with Gasteiger partial charge in [-0.25, -0.2) is 0 Å². The molecule has 0 saturated heterocycles. The number of carbonyl (C=O) groups excluding carboxylic acids is 1. The van der Waals surface area contributed by atoms with Gasteiger partial charge in [0, 0.05) is 31.5 Å². The van der Waals surface area contributed by atoms with Crippen molar-refractivity contribution in [1.82, 2.24) is 25.2 Å². The number of fused-ring (bicyclic) bond motifs is 1. The molecule has 4 rings (SSSR count). The summed E-state index contributed by atoms with van der Waals surface area (Å²) in [7, 11) is 1.80. The van der Waals surface area contributed by atoms with Gasteiger partial charge in [0.2, 0.25) is 11.8 Å². The zero-order valence-electron chi connectivity index (χ0n) is 15.5. The number of rotatable bonds is 6. The Hall–Kier alpha value is -2.18. The highest BCUT2D eigenvalue weighted by atomic mass is 16.5. The summed E-state index contributed by atoms with van der Waals surface area (Å²) < 4.78 is 5.40. The SMILES string of the molecule is CN(Cc1noc(C2CCCC2)n1)C(=O)CCc1n[nH]c2c1CCCC2. The highest BCUT2D eigenvalue weighted by Gasteiger charge is 2.24. The number of aromatic amines is 1. The number of carbonyl (C=O) groups is 1. The zero-order valence-corrected chi connectivity index (χ0v) is 15.5. The van der Waals surface area contributed by atoms with E-state index in [0.29, 0.717) is 31.1 Å². The Labute approximate surface area is 153 Å². The maximum atomic E-state index is 12.5. The third-order valence-corrected chi connectivity index (χ3v) is 5.71. The number of amides is 1. The Morgan fingerprint density at radius 1 is 1.23 bits per heavy atom. The van der Waals surface area contributed by atoms with Crippen molar-refractivity contribution in [2.75, 3.05) is 7.05 Å². The van der Waals surface area contributed by atoms with Crippen LogP contribution in [0.4, 0.5) is 0 Å². The molecule has 0 aliphatic heterocycles. The van der Waals surface area contributed by atoms with Crippen LogP contribution >= 0.6 is 0 Å². The molecule has 1 amide bonds. The van der Waals surface area contributed by atoms with Gasteiger partial charge in [0.15, 0.2) is 5.82 Å². The predicted molar refractivity (Wildman–Crippen MR) is 95.5 cm³/mol. The Balaban J connectivity index is 1.30. The summed E-state index contributed by atoms with van der Waals surface area (Å²) >= 11 is 0. The first-order chi connectivity index (χ1) is 12.7. The van der Waals surface area contributed by atoms with E-state index >= 15 is 0 Å². The van der Waals surface area contributed by atoms with E-state index in [1.165, 1.54) is 36.9 Å². The van der Waals surface area contributed by atoms with E-state index < -0.39 is 0 Å². The first kappa shape index (κ1) is 17.2. The van der Waals surface area contributed by atoms with Crippen LogP contribution in [0.25, 0.3) is 0 Å².